The Kier molecular flexibility index (Phi) is 9.47. The van der Waals surface area contributed by atoms with E-state index in [1.54, 1.807) is 43.3 Å². The molecule has 0 saturated heterocycles. The maximum atomic E-state index is 13.7. The number of hydrogen-bond acceptors (Lipinski definition) is 4. The van der Waals surface area contributed by atoms with E-state index in [9.17, 15) is 18.0 Å². The number of halogens is 3. The van der Waals surface area contributed by atoms with Gasteiger partial charge in [0.05, 0.1) is 10.6 Å². The van der Waals surface area contributed by atoms with Crippen molar-refractivity contribution in [1.82, 2.24) is 10.2 Å². The fraction of sp³-hybridized carbons (Fsp3) is 0.231. The summed E-state index contributed by atoms with van der Waals surface area (Å²) in [6, 6.07) is 16.3. The lowest BCUT2D eigenvalue weighted by Gasteiger charge is -2.32. The van der Waals surface area contributed by atoms with Gasteiger partial charge < -0.3 is 10.2 Å². The average Bonchev–Trinajstić information content (AvgIpc) is 2.86. The van der Waals surface area contributed by atoms with Crippen LogP contribution in [0.5, 0.6) is 0 Å². The van der Waals surface area contributed by atoms with Gasteiger partial charge in [-0.2, -0.15) is 0 Å². The van der Waals surface area contributed by atoms with Gasteiger partial charge in [0.15, 0.2) is 0 Å². The van der Waals surface area contributed by atoms with Crippen LogP contribution in [-0.2, 0) is 26.2 Å². The van der Waals surface area contributed by atoms with E-state index >= 15 is 0 Å². The average molecular weight is 583 g/mol. The Morgan fingerprint density at radius 2 is 1.51 bits per heavy atom. The number of nitrogens with zero attached hydrogens (tertiary/aromatic N) is 2. The van der Waals surface area contributed by atoms with Gasteiger partial charge in [0.1, 0.15) is 12.6 Å². The van der Waals surface area contributed by atoms with E-state index in [2.05, 4.69) is 5.32 Å². The van der Waals surface area contributed by atoms with E-state index in [0.29, 0.717) is 26.3 Å². The molecular formula is C26H26Cl3N3O4S. The SMILES string of the molecule is CNC(=O)[C@@H](C)N(Cc1ccc(Cl)cc1Cl)C(=O)CN(c1ccc(C)cc1)S(=O)(=O)c1ccc(Cl)cc1. The fourth-order valence-corrected chi connectivity index (χ4v) is 5.61. The number of aryl methyl sites for hydroxylation is 1. The summed E-state index contributed by atoms with van der Waals surface area (Å²) in [5, 5.41) is 3.65. The van der Waals surface area contributed by atoms with Gasteiger partial charge in [-0.15, -0.1) is 0 Å². The number of amides is 2. The Bertz CT molecular complexity index is 1380. The van der Waals surface area contributed by atoms with Crippen molar-refractivity contribution < 1.29 is 18.0 Å². The highest BCUT2D eigenvalue weighted by Crippen LogP contribution is 2.27. The molecule has 0 radical (unpaired) electrons. The summed E-state index contributed by atoms with van der Waals surface area (Å²) in [5.41, 5.74) is 1.77. The molecule has 1 N–H and O–H groups in total. The van der Waals surface area contributed by atoms with Gasteiger partial charge in [0.25, 0.3) is 10.0 Å². The smallest absolute Gasteiger partial charge is 0.264 e. The molecule has 0 spiro atoms. The topological polar surface area (TPSA) is 86.8 Å². The number of nitrogens with one attached hydrogen (secondary N) is 1. The van der Waals surface area contributed by atoms with Gasteiger partial charge in [-0.25, -0.2) is 8.42 Å². The number of carbonyl (C=O) groups is 2. The number of hydrogen-bond donors (Lipinski definition) is 1. The molecular weight excluding hydrogens is 557 g/mol. The van der Waals surface area contributed by atoms with E-state index in [1.807, 2.05) is 6.92 Å². The summed E-state index contributed by atoms with van der Waals surface area (Å²) in [6.07, 6.45) is 0. The van der Waals surface area contributed by atoms with Crippen molar-refractivity contribution in [3.05, 3.63) is 92.9 Å². The Labute approximate surface area is 232 Å². The molecule has 2 amide bonds. The molecule has 37 heavy (non-hydrogen) atoms. The van der Waals surface area contributed by atoms with Crippen LogP contribution < -0.4 is 9.62 Å². The molecule has 196 valence electrons. The van der Waals surface area contributed by atoms with E-state index in [-0.39, 0.29) is 11.4 Å². The van der Waals surface area contributed by atoms with Crippen LogP contribution in [-0.4, -0.2) is 44.8 Å². The van der Waals surface area contributed by atoms with Crippen molar-refractivity contribution >= 4 is 62.3 Å². The monoisotopic (exact) mass is 581 g/mol. The zero-order chi connectivity index (χ0) is 27.3. The standard InChI is InChI=1S/C26H26Cl3N3O4S/c1-17-4-10-22(11-5-17)32(37(35,36)23-12-8-20(27)9-13-23)16-25(33)31(18(2)26(34)30-3)15-19-6-7-21(28)14-24(19)29/h4-14,18H,15-16H2,1-3H3,(H,30,34)/t18-/m1/s1. The third-order valence-electron chi connectivity index (χ3n) is 5.77. The van der Waals surface area contributed by atoms with Crippen molar-refractivity contribution in [3.8, 4) is 0 Å². The van der Waals surface area contributed by atoms with Crippen LogP contribution in [0.25, 0.3) is 0 Å². The highest BCUT2D eigenvalue weighted by Gasteiger charge is 2.32. The zero-order valence-electron chi connectivity index (χ0n) is 20.4. The van der Waals surface area contributed by atoms with Gasteiger partial charge in [-0.3, -0.25) is 13.9 Å². The summed E-state index contributed by atoms with van der Waals surface area (Å²) < 4.78 is 28.4. The second-order valence-corrected chi connectivity index (χ2v) is 11.5. The Balaban J connectivity index is 2.04. The van der Waals surface area contributed by atoms with Crippen molar-refractivity contribution in [2.24, 2.45) is 0 Å². The number of benzene rings is 3. The molecule has 0 unspecified atom stereocenters. The lowest BCUT2D eigenvalue weighted by molar-refractivity contribution is -0.139. The Hall–Kier alpha value is -2.78. The van der Waals surface area contributed by atoms with Crippen LogP contribution >= 0.6 is 34.8 Å². The lowest BCUT2D eigenvalue weighted by atomic mass is 10.1. The van der Waals surface area contributed by atoms with E-state index < -0.39 is 34.4 Å². The molecule has 0 aromatic heterocycles. The first-order valence-electron chi connectivity index (χ1n) is 11.2. The normalized spacial score (nSPS) is 12.1. The van der Waals surface area contributed by atoms with Crippen LogP contribution in [0.4, 0.5) is 5.69 Å². The molecule has 0 aliphatic rings. The Morgan fingerprint density at radius 3 is 2.08 bits per heavy atom. The van der Waals surface area contributed by atoms with E-state index in [4.69, 9.17) is 34.8 Å². The summed E-state index contributed by atoms with van der Waals surface area (Å²) in [5.74, 6) is -1.01. The molecule has 0 aliphatic heterocycles. The summed E-state index contributed by atoms with van der Waals surface area (Å²) in [6.45, 7) is 2.84. The second kappa shape index (κ2) is 12.2. The molecule has 0 bridgehead atoms. The van der Waals surface area contributed by atoms with Crippen LogP contribution in [0, 0.1) is 6.92 Å². The molecule has 7 nitrogen and oxygen atoms in total. The third-order valence-corrected chi connectivity index (χ3v) is 8.40. The highest BCUT2D eigenvalue weighted by molar-refractivity contribution is 7.92. The van der Waals surface area contributed by atoms with Gasteiger partial charge in [0.2, 0.25) is 11.8 Å². The van der Waals surface area contributed by atoms with Gasteiger partial charge in [0, 0.05) is 28.7 Å². The van der Waals surface area contributed by atoms with Crippen molar-refractivity contribution in [1.29, 1.82) is 0 Å². The largest absolute Gasteiger partial charge is 0.357 e. The van der Waals surface area contributed by atoms with Crippen molar-refractivity contribution in [2.75, 3.05) is 17.9 Å². The van der Waals surface area contributed by atoms with Crippen molar-refractivity contribution in [3.63, 3.8) is 0 Å². The van der Waals surface area contributed by atoms with Gasteiger partial charge >= 0.3 is 0 Å². The molecule has 3 aromatic rings. The minimum atomic E-state index is -4.17. The van der Waals surface area contributed by atoms with E-state index in [1.165, 1.54) is 42.3 Å². The molecule has 0 heterocycles. The van der Waals surface area contributed by atoms with Crippen LogP contribution in [0.15, 0.2) is 71.6 Å². The molecule has 11 heteroatoms. The first-order chi connectivity index (χ1) is 17.4. The molecule has 0 fully saturated rings. The quantitative estimate of drug-likeness (QED) is 0.370. The molecule has 1 atom stereocenters. The number of rotatable bonds is 9. The van der Waals surface area contributed by atoms with Gasteiger partial charge in [-0.05, 0) is 67.9 Å². The number of sulfonamides is 1. The number of anilines is 1. The first kappa shape index (κ1) is 28.8. The van der Waals surface area contributed by atoms with Gasteiger partial charge in [-0.1, -0.05) is 58.6 Å². The predicted octanol–water partition coefficient (Wildman–Crippen LogP) is 5.31. The molecule has 3 aromatic carbocycles. The summed E-state index contributed by atoms with van der Waals surface area (Å²) in [4.78, 5) is 27.5. The zero-order valence-corrected chi connectivity index (χ0v) is 23.5. The second-order valence-electron chi connectivity index (χ2n) is 8.35. The first-order valence-corrected chi connectivity index (χ1v) is 13.8. The maximum absolute atomic E-state index is 13.7. The van der Waals surface area contributed by atoms with E-state index in [0.717, 1.165) is 9.87 Å². The Morgan fingerprint density at radius 1 is 0.919 bits per heavy atom. The highest BCUT2D eigenvalue weighted by atomic mass is 35.5. The molecule has 0 saturated carbocycles. The number of likely N-dealkylation sites (N-methyl/N-ethyl adjacent to an activating group) is 1. The predicted molar refractivity (Wildman–Crippen MR) is 148 cm³/mol. The summed E-state index contributed by atoms with van der Waals surface area (Å²) >= 11 is 18.3. The molecule has 0 aliphatic carbocycles. The van der Waals surface area contributed by atoms with Crippen LogP contribution in [0.2, 0.25) is 15.1 Å². The number of carbonyl (C=O) groups excluding carboxylic acids is 2. The molecule has 3 rings (SSSR count). The lowest BCUT2D eigenvalue weighted by Crippen LogP contribution is -2.50. The minimum absolute atomic E-state index is 0.0306. The van der Waals surface area contributed by atoms with Crippen molar-refractivity contribution in [2.45, 2.75) is 31.3 Å². The van der Waals surface area contributed by atoms with Crippen LogP contribution in [0.1, 0.15) is 18.1 Å². The summed E-state index contributed by atoms with van der Waals surface area (Å²) in [7, 11) is -2.71. The minimum Gasteiger partial charge on any atom is -0.357 e. The third kappa shape index (κ3) is 6.96. The van der Waals surface area contributed by atoms with Crippen LogP contribution in [0.3, 0.4) is 0 Å². The fourth-order valence-electron chi connectivity index (χ4n) is 3.60. The maximum Gasteiger partial charge on any atom is 0.264 e.